The van der Waals surface area contributed by atoms with E-state index in [0.717, 1.165) is 37.5 Å². The molecule has 8 nitrogen and oxygen atoms in total. The van der Waals surface area contributed by atoms with Gasteiger partial charge in [0.15, 0.2) is 0 Å². The molecular formula is C21H21N3O5. The van der Waals surface area contributed by atoms with Crippen LogP contribution in [0.5, 0.6) is 0 Å². The zero-order chi connectivity index (χ0) is 20.5. The number of hydrogen-bond donors (Lipinski definition) is 2. The number of nitrogens with one attached hydrogen (secondary N) is 1. The van der Waals surface area contributed by atoms with Crippen molar-refractivity contribution in [1.82, 2.24) is 14.8 Å². The summed E-state index contributed by atoms with van der Waals surface area (Å²) in [6, 6.07) is 6.30. The first-order valence-electron chi connectivity index (χ1n) is 9.66. The maximum absolute atomic E-state index is 13.0. The topological polar surface area (TPSA) is 109 Å². The number of hydrogen-bond acceptors (Lipinski definition) is 4. The van der Waals surface area contributed by atoms with Crippen LogP contribution in [-0.2, 0) is 20.9 Å². The number of fused-ring (bicyclic) bond motifs is 1. The standard InChI is InChI=1S/C21H21N3O5/c25-18(26)12-23-11-13(15-8-4-5-9-17(15)23)10-16-19(27)22-21(29)24(20(16)28)14-6-2-1-3-7-14/h4-5,8-11,14H,1-3,6-7,12H2,(H,25,26)(H,22,27,29). The van der Waals surface area contributed by atoms with Gasteiger partial charge in [0.05, 0.1) is 0 Å². The van der Waals surface area contributed by atoms with Gasteiger partial charge in [0.2, 0.25) is 0 Å². The first kappa shape index (κ1) is 18.9. The molecule has 2 heterocycles. The molecule has 0 unspecified atom stereocenters. The number of urea groups is 1. The Labute approximate surface area is 166 Å². The highest BCUT2D eigenvalue weighted by Crippen LogP contribution is 2.28. The molecule has 0 atom stereocenters. The minimum absolute atomic E-state index is 0.117. The molecular weight excluding hydrogens is 374 g/mol. The Morgan fingerprint density at radius 3 is 2.59 bits per heavy atom. The van der Waals surface area contributed by atoms with Crippen molar-refractivity contribution < 1.29 is 24.3 Å². The maximum atomic E-state index is 13.0. The molecule has 1 aliphatic carbocycles. The summed E-state index contributed by atoms with van der Waals surface area (Å²) in [5.41, 5.74) is 1.12. The molecule has 1 aromatic heterocycles. The van der Waals surface area contributed by atoms with Gasteiger partial charge in [-0.3, -0.25) is 24.6 Å². The molecule has 8 heteroatoms. The fraction of sp³-hybridized carbons (Fsp3) is 0.333. The predicted octanol–water partition coefficient (Wildman–Crippen LogP) is 2.52. The van der Waals surface area contributed by atoms with Crippen molar-refractivity contribution in [3.63, 3.8) is 0 Å². The van der Waals surface area contributed by atoms with E-state index in [-0.39, 0.29) is 18.2 Å². The number of carbonyl (C=O) groups is 4. The first-order chi connectivity index (χ1) is 14.0. The monoisotopic (exact) mass is 395 g/mol. The lowest BCUT2D eigenvalue weighted by Gasteiger charge is -2.35. The Balaban J connectivity index is 1.74. The SMILES string of the molecule is O=C(O)Cn1cc(C=C2C(=O)NC(=O)N(C3CCCCC3)C2=O)c2ccccc21. The van der Waals surface area contributed by atoms with E-state index in [4.69, 9.17) is 5.11 Å². The van der Waals surface area contributed by atoms with Crippen molar-refractivity contribution in [3.05, 3.63) is 41.6 Å². The van der Waals surface area contributed by atoms with Crippen LogP contribution in [0.1, 0.15) is 37.7 Å². The Hall–Kier alpha value is -3.42. The van der Waals surface area contributed by atoms with Crippen molar-refractivity contribution in [2.45, 2.75) is 44.7 Å². The molecule has 2 fully saturated rings. The molecule has 4 amide bonds. The van der Waals surface area contributed by atoms with Gasteiger partial charge in [-0.25, -0.2) is 4.79 Å². The summed E-state index contributed by atoms with van der Waals surface area (Å²) in [5, 5.41) is 12.1. The van der Waals surface area contributed by atoms with E-state index in [9.17, 15) is 19.2 Å². The van der Waals surface area contributed by atoms with Crippen LogP contribution in [0.2, 0.25) is 0 Å². The number of amides is 4. The average molecular weight is 395 g/mol. The van der Waals surface area contributed by atoms with Crippen LogP contribution in [-0.4, -0.2) is 44.4 Å². The number of rotatable bonds is 4. The van der Waals surface area contributed by atoms with E-state index in [1.165, 1.54) is 11.0 Å². The van der Waals surface area contributed by atoms with Crippen LogP contribution in [0.15, 0.2) is 36.0 Å². The molecule has 29 heavy (non-hydrogen) atoms. The molecule has 2 N–H and O–H groups in total. The molecule has 150 valence electrons. The molecule has 0 bridgehead atoms. The highest BCUT2D eigenvalue weighted by Gasteiger charge is 2.40. The number of nitrogens with zero attached hydrogens (tertiary/aromatic N) is 2. The number of aromatic nitrogens is 1. The first-order valence-corrected chi connectivity index (χ1v) is 9.66. The predicted molar refractivity (Wildman–Crippen MR) is 105 cm³/mol. The van der Waals surface area contributed by atoms with Gasteiger partial charge >= 0.3 is 12.0 Å². The van der Waals surface area contributed by atoms with Gasteiger partial charge in [-0.1, -0.05) is 37.5 Å². The summed E-state index contributed by atoms with van der Waals surface area (Å²) in [6.45, 7) is -0.240. The number of aliphatic carboxylic acids is 1. The summed E-state index contributed by atoms with van der Waals surface area (Å²) < 4.78 is 1.55. The van der Waals surface area contributed by atoms with E-state index in [0.29, 0.717) is 11.1 Å². The minimum Gasteiger partial charge on any atom is -0.480 e. The van der Waals surface area contributed by atoms with Crippen LogP contribution in [0.4, 0.5) is 4.79 Å². The molecule has 0 spiro atoms. The Kier molecular flexibility index (Phi) is 4.92. The molecule has 1 aliphatic heterocycles. The van der Waals surface area contributed by atoms with Crippen molar-refractivity contribution >= 4 is 40.8 Å². The average Bonchev–Trinajstić information content (AvgIpc) is 3.03. The summed E-state index contributed by atoms with van der Waals surface area (Å²) in [6.07, 6.45) is 7.48. The van der Waals surface area contributed by atoms with E-state index in [2.05, 4.69) is 5.32 Å². The second-order valence-corrected chi connectivity index (χ2v) is 7.41. The smallest absolute Gasteiger partial charge is 0.331 e. The van der Waals surface area contributed by atoms with E-state index >= 15 is 0 Å². The van der Waals surface area contributed by atoms with Gasteiger partial charge in [-0.05, 0) is 25.0 Å². The fourth-order valence-electron chi connectivity index (χ4n) is 4.16. The fourth-order valence-corrected chi connectivity index (χ4v) is 4.16. The number of carboxylic acid groups (broad SMARTS) is 1. The van der Waals surface area contributed by atoms with Crippen LogP contribution < -0.4 is 5.32 Å². The molecule has 1 aromatic carbocycles. The van der Waals surface area contributed by atoms with Crippen molar-refractivity contribution in [1.29, 1.82) is 0 Å². The number of para-hydroxylation sites is 1. The van der Waals surface area contributed by atoms with Crippen LogP contribution >= 0.6 is 0 Å². The van der Waals surface area contributed by atoms with E-state index < -0.39 is 23.8 Å². The molecule has 0 radical (unpaired) electrons. The van der Waals surface area contributed by atoms with Crippen LogP contribution in [0.25, 0.3) is 17.0 Å². The Bertz CT molecular complexity index is 1050. The Morgan fingerprint density at radius 2 is 1.86 bits per heavy atom. The molecule has 1 saturated carbocycles. The number of imide groups is 2. The molecule has 1 saturated heterocycles. The zero-order valence-corrected chi connectivity index (χ0v) is 15.8. The van der Waals surface area contributed by atoms with E-state index in [1.54, 1.807) is 35.0 Å². The summed E-state index contributed by atoms with van der Waals surface area (Å²) >= 11 is 0. The Morgan fingerprint density at radius 1 is 1.14 bits per heavy atom. The lowest BCUT2D eigenvalue weighted by Crippen LogP contribution is -2.58. The largest absolute Gasteiger partial charge is 0.480 e. The third kappa shape index (κ3) is 3.53. The third-order valence-corrected chi connectivity index (χ3v) is 5.50. The van der Waals surface area contributed by atoms with Crippen LogP contribution in [0, 0.1) is 0 Å². The van der Waals surface area contributed by atoms with Crippen molar-refractivity contribution in [2.75, 3.05) is 0 Å². The normalized spacial score (nSPS) is 19.8. The number of benzene rings is 1. The second-order valence-electron chi connectivity index (χ2n) is 7.41. The maximum Gasteiger partial charge on any atom is 0.331 e. The van der Waals surface area contributed by atoms with Gasteiger partial charge < -0.3 is 9.67 Å². The zero-order valence-electron chi connectivity index (χ0n) is 15.8. The molecule has 2 aromatic rings. The third-order valence-electron chi connectivity index (χ3n) is 5.50. The van der Waals surface area contributed by atoms with Gasteiger partial charge in [0.1, 0.15) is 12.1 Å². The summed E-state index contributed by atoms with van der Waals surface area (Å²) in [4.78, 5) is 50.1. The van der Waals surface area contributed by atoms with Crippen molar-refractivity contribution in [2.24, 2.45) is 0 Å². The van der Waals surface area contributed by atoms with Crippen molar-refractivity contribution in [3.8, 4) is 0 Å². The quantitative estimate of drug-likeness (QED) is 0.611. The lowest BCUT2D eigenvalue weighted by molar-refractivity contribution is -0.137. The highest BCUT2D eigenvalue weighted by atomic mass is 16.4. The number of carbonyl (C=O) groups excluding carboxylic acids is 3. The van der Waals surface area contributed by atoms with Gasteiger partial charge in [0.25, 0.3) is 11.8 Å². The summed E-state index contributed by atoms with van der Waals surface area (Å²) in [7, 11) is 0. The summed E-state index contributed by atoms with van der Waals surface area (Å²) in [5.74, 6) is -2.33. The van der Waals surface area contributed by atoms with E-state index in [1.807, 2.05) is 0 Å². The molecule has 4 rings (SSSR count). The van der Waals surface area contributed by atoms with Gasteiger partial charge in [-0.15, -0.1) is 0 Å². The molecule has 2 aliphatic rings. The second kappa shape index (κ2) is 7.54. The van der Waals surface area contributed by atoms with Gasteiger partial charge in [-0.2, -0.15) is 0 Å². The minimum atomic E-state index is -0.995. The van der Waals surface area contributed by atoms with Gasteiger partial charge in [0, 0.05) is 28.7 Å². The lowest BCUT2D eigenvalue weighted by atomic mass is 9.93. The van der Waals surface area contributed by atoms with Crippen LogP contribution in [0.3, 0.4) is 0 Å². The highest BCUT2D eigenvalue weighted by molar-refractivity contribution is 6.31. The number of carboxylic acids is 1. The number of barbiturate groups is 1.